The molecule has 1 aromatic rings. The molecule has 0 radical (unpaired) electrons. The molecule has 0 aliphatic heterocycles. The van der Waals surface area contributed by atoms with E-state index in [4.69, 9.17) is 4.74 Å². The molecular weight excluding hydrogens is 206 g/mol. The number of benzene rings is 1. The maximum atomic E-state index is 11.5. The number of methoxy groups -OCH3 is 2. The van der Waals surface area contributed by atoms with E-state index in [0.29, 0.717) is 5.75 Å². The van der Waals surface area contributed by atoms with Crippen molar-refractivity contribution >= 4 is 11.8 Å². The van der Waals surface area contributed by atoms with Crippen molar-refractivity contribution in [2.45, 2.75) is 13.8 Å². The smallest absolute Gasteiger partial charge is 0.413 e. The quantitative estimate of drug-likeness (QED) is 0.773. The van der Waals surface area contributed by atoms with Gasteiger partial charge in [-0.15, -0.1) is 0 Å². The first kappa shape index (κ1) is 12.4. The summed E-state index contributed by atoms with van der Waals surface area (Å²) in [6.07, 6.45) is -0.412. The monoisotopic (exact) mass is 223 g/mol. The number of hydrogen-bond acceptors (Lipinski definition) is 3. The molecule has 4 heteroatoms. The van der Waals surface area contributed by atoms with Crippen LogP contribution < -0.4 is 9.64 Å². The lowest BCUT2D eigenvalue weighted by molar-refractivity contribution is 0.180. The summed E-state index contributed by atoms with van der Waals surface area (Å²) in [5.74, 6) is 0.672. The van der Waals surface area contributed by atoms with Gasteiger partial charge in [-0.2, -0.15) is 0 Å². The van der Waals surface area contributed by atoms with Crippen molar-refractivity contribution in [3.63, 3.8) is 0 Å². The molecule has 1 aromatic carbocycles. The summed E-state index contributed by atoms with van der Waals surface area (Å²) < 4.78 is 9.96. The molecule has 0 aromatic heterocycles. The van der Waals surface area contributed by atoms with Gasteiger partial charge in [0.2, 0.25) is 0 Å². The Labute approximate surface area is 95.8 Å². The first-order valence-electron chi connectivity index (χ1n) is 4.98. The summed E-state index contributed by atoms with van der Waals surface area (Å²) in [6, 6.07) is 3.89. The Morgan fingerprint density at radius 3 is 2.38 bits per heavy atom. The van der Waals surface area contributed by atoms with Gasteiger partial charge in [-0.25, -0.2) is 4.79 Å². The molecule has 0 aliphatic carbocycles. The SMILES string of the molecule is COC(=O)N(C)c1c(C)cc(C)cc1OC. The average molecular weight is 223 g/mol. The number of carbonyl (C=O) groups excluding carboxylic acids is 1. The zero-order chi connectivity index (χ0) is 12.3. The van der Waals surface area contributed by atoms with Gasteiger partial charge in [-0.1, -0.05) is 6.07 Å². The van der Waals surface area contributed by atoms with Gasteiger partial charge >= 0.3 is 6.09 Å². The average Bonchev–Trinajstić information content (AvgIpc) is 2.26. The van der Waals surface area contributed by atoms with Gasteiger partial charge in [-0.05, 0) is 31.0 Å². The van der Waals surface area contributed by atoms with Crippen LogP contribution in [0.5, 0.6) is 5.75 Å². The number of carbonyl (C=O) groups is 1. The van der Waals surface area contributed by atoms with Crippen molar-refractivity contribution in [3.05, 3.63) is 23.3 Å². The lowest BCUT2D eigenvalue weighted by Gasteiger charge is -2.21. The molecule has 0 bridgehead atoms. The summed E-state index contributed by atoms with van der Waals surface area (Å²) in [5, 5.41) is 0. The Morgan fingerprint density at radius 2 is 1.88 bits per heavy atom. The summed E-state index contributed by atoms with van der Waals surface area (Å²) >= 11 is 0. The third kappa shape index (κ3) is 2.27. The molecule has 0 spiro atoms. The summed E-state index contributed by atoms with van der Waals surface area (Å²) in [5.41, 5.74) is 2.81. The van der Waals surface area contributed by atoms with Crippen LogP contribution in [-0.2, 0) is 4.74 Å². The Hall–Kier alpha value is -1.71. The molecule has 1 rings (SSSR count). The lowest BCUT2D eigenvalue weighted by atomic mass is 10.1. The van der Waals surface area contributed by atoms with Crippen LogP contribution in [0.4, 0.5) is 10.5 Å². The lowest BCUT2D eigenvalue weighted by Crippen LogP contribution is -2.27. The molecule has 0 N–H and O–H groups in total. The van der Waals surface area contributed by atoms with Crippen molar-refractivity contribution in [3.8, 4) is 5.75 Å². The standard InChI is InChI=1S/C12H17NO3/c1-8-6-9(2)11(10(7-8)15-4)13(3)12(14)16-5/h6-7H,1-5H3. The van der Waals surface area contributed by atoms with Gasteiger partial charge in [-0.3, -0.25) is 4.90 Å². The third-order valence-electron chi connectivity index (χ3n) is 2.41. The van der Waals surface area contributed by atoms with Gasteiger partial charge < -0.3 is 9.47 Å². The zero-order valence-corrected chi connectivity index (χ0v) is 10.3. The first-order chi connectivity index (χ1) is 7.51. The highest BCUT2D eigenvalue weighted by Gasteiger charge is 2.18. The molecule has 0 fully saturated rings. The van der Waals surface area contributed by atoms with Crippen LogP contribution in [-0.4, -0.2) is 27.4 Å². The second-order valence-electron chi connectivity index (χ2n) is 3.66. The Balaban J connectivity index is 3.26. The van der Waals surface area contributed by atoms with Gasteiger partial charge in [0.25, 0.3) is 0 Å². The summed E-state index contributed by atoms with van der Waals surface area (Å²) in [6.45, 7) is 3.92. The minimum absolute atomic E-state index is 0.412. The Kier molecular flexibility index (Phi) is 3.77. The second-order valence-corrected chi connectivity index (χ2v) is 3.66. The van der Waals surface area contributed by atoms with Crippen molar-refractivity contribution < 1.29 is 14.3 Å². The minimum atomic E-state index is -0.412. The van der Waals surface area contributed by atoms with Crippen LogP contribution in [0.1, 0.15) is 11.1 Å². The third-order valence-corrected chi connectivity index (χ3v) is 2.41. The molecule has 0 heterocycles. The number of anilines is 1. The highest BCUT2D eigenvalue weighted by molar-refractivity contribution is 5.90. The number of rotatable bonds is 2. The highest BCUT2D eigenvalue weighted by atomic mass is 16.5. The van der Waals surface area contributed by atoms with Crippen LogP contribution in [0.3, 0.4) is 0 Å². The van der Waals surface area contributed by atoms with Crippen LogP contribution >= 0.6 is 0 Å². The van der Waals surface area contributed by atoms with Gasteiger partial charge in [0.1, 0.15) is 5.75 Å². The van der Waals surface area contributed by atoms with E-state index in [1.807, 2.05) is 26.0 Å². The van der Waals surface area contributed by atoms with Crippen molar-refractivity contribution in [2.75, 3.05) is 26.2 Å². The Morgan fingerprint density at radius 1 is 1.25 bits per heavy atom. The van der Waals surface area contributed by atoms with E-state index in [0.717, 1.165) is 16.8 Å². The van der Waals surface area contributed by atoms with E-state index < -0.39 is 6.09 Å². The van der Waals surface area contributed by atoms with E-state index in [9.17, 15) is 4.79 Å². The second kappa shape index (κ2) is 4.88. The maximum absolute atomic E-state index is 11.5. The topological polar surface area (TPSA) is 38.8 Å². The molecule has 0 atom stereocenters. The molecule has 1 amide bonds. The molecular formula is C12H17NO3. The number of ether oxygens (including phenoxy) is 2. The van der Waals surface area contributed by atoms with Crippen LogP contribution in [0.15, 0.2) is 12.1 Å². The number of nitrogens with zero attached hydrogens (tertiary/aromatic N) is 1. The van der Waals surface area contributed by atoms with Crippen molar-refractivity contribution in [2.24, 2.45) is 0 Å². The molecule has 0 saturated carbocycles. The van der Waals surface area contributed by atoms with Crippen LogP contribution in [0, 0.1) is 13.8 Å². The molecule has 0 saturated heterocycles. The number of amides is 1. The molecule has 0 unspecified atom stereocenters. The fraction of sp³-hybridized carbons (Fsp3) is 0.417. The van der Waals surface area contributed by atoms with Gasteiger partial charge in [0.15, 0.2) is 0 Å². The van der Waals surface area contributed by atoms with Crippen molar-refractivity contribution in [1.82, 2.24) is 0 Å². The van der Waals surface area contributed by atoms with Crippen molar-refractivity contribution in [1.29, 1.82) is 0 Å². The highest BCUT2D eigenvalue weighted by Crippen LogP contribution is 2.32. The molecule has 4 nitrogen and oxygen atoms in total. The van der Waals surface area contributed by atoms with Gasteiger partial charge in [0.05, 0.1) is 19.9 Å². The summed E-state index contributed by atoms with van der Waals surface area (Å²) in [4.78, 5) is 12.9. The van der Waals surface area contributed by atoms with E-state index in [1.165, 1.54) is 12.0 Å². The maximum Gasteiger partial charge on any atom is 0.413 e. The molecule has 0 aliphatic rings. The number of aryl methyl sites for hydroxylation is 2. The van der Waals surface area contributed by atoms with E-state index in [-0.39, 0.29) is 0 Å². The van der Waals surface area contributed by atoms with E-state index >= 15 is 0 Å². The number of hydrogen-bond donors (Lipinski definition) is 0. The summed E-state index contributed by atoms with van der Waals surface area (Å²) in [7, 11) is 4.60. The van der Waals surface area contributed by atoms with E-state index in [1.54, 1.807) is 14.2 Å². The van der Waals surface area contributed by atoms with Crippen LogP contribution in [0.25, 0.3) is 0 Å². The fourth-order valence-corrected chi connectivity index (χ4v) is 1.73. The van der Waals surface area contributed by atoms with Crippen LogP contribution in [0.2, 0.25) is 0 Å². The fourth-order valence-electron chi connectivity index (χ4n) is 1.73. The first-order valence-corrected chi connectivity index (χ1v) is 4.98. The normalized spacial score (nSPS) is 9.81. The van der Waals surface area contributed by atoms with Gasteiger partial charge in [0, 0.05) is 7.05 Å². The van der Waals surface area contributed by atoms with E-state index in [2.05, 4.69) is 4.74 Å². The predicted octanol–water partition coefficient (Wildman–Crippen LogP) is 2.51. The Bertz CT molecular complexity index is 401. The molecule has 16 heavy (non-hydrogen) atoms. The predicted molar refractivity (Wildman–Crippen MR) is 63.3 cm³/mol. The largest absolute Gasteiger partial charge is 0.495 e. The zero-order valence-electron chi connectivity index (χ0n) is 10.3. The minimum Gasteiger partial charge on any atom is -0.495 e. The molecule has 88 valence electrons.